The highest BCUT2D eigenvalue weighted by atomic mass is 16.5. The van der Waals surface area contributed by atoms with Gasteiger partial charge in [-0.15, -0.1) is 0 Å². The molecule has 1 N–H and O–H groups in total. The van der Waals surface area contributed by atoms with Gasteiger partial charge in [0, 0.05) is 39.4 Å². The molecule has 3 aliphatic rings. The standard InChI is InChI=1S/C17H32N2O2/c1-16(6-12-21-13-7-16)14-19-10-4-17(20,5-11-19)15-18-8-2-3-9-18/h20H,2-15H2,1H3. The highest BCUT2D eigenvalue weighted by Gasteiger charge is 2.37. The molecule has 0 aromatic rings. The molecule has 0 bridgehead atoms. The summed E-state index contributed by atoms with van der Waals surface area (Å²) in [6.07, 6.45) is 6.86. The maximum atomic E-state index is 10.8. The molecule has 0 spiro atoms. The van der Waals surface area contributed by atoms with Crippen LogP contribution in [-0.2, 0) is 4.74 Å². The van der Waals surface area contributed by atoms with Crippen LogP contribution in [0.5, 0.6) is 0 Å². The van der Waals surface area contributed by atoms with Crippen molar-refractivity contribution >= 4 is 0 Å². The number of aliphatic hydroxyl groups is 1. The molecule has 3 rings (SSSR count). The number of likely N-dealkylation sites (tertiary alicyclic amines) is 2. The molecule has 122 valence electrons. The quantitative estimate of drug-likeness (QED) is 0.857. The molecule has 3 heterocycles. The fourth-order valence-electron chi connectivity index (χ4n) is 4.20. The largest absolute Gasteiger partial charge is 0.388 e. The average Bonchev–Trinajstić information content (AvgIpc) is 2.95. The van der Waals surface area contributed by atoms with Crippen LogP contribution in [0.3, 0.4) is 0 Å². The second kappa shape index (κ2) is 6.53. The lowest BCUT2D eigenvalue weighted by atomic mass is 9.81. The van der Waals surface area contributed by atoms with Gasteiger partial charge >= 0.3 is 0 Å². The first kappa shape index (κ1) is 15.7. The molecule has 21 heavy (non-hydrogen) atoms. The van der Waals surface area contributed by atoms with E-state index in [-0.39, 0.29) is 0 Å². The molecular weight excluding hydrogens is 264 g/mol. The van der Waals surface area contributed by atoms with Crippen LogP contribution in [0.15, 0.2) is 0 Å². The van der Waals surface area contributed by atoms with Gasteiger partial charge in [0.25, 0.3) is 0 Å². The number of β-amino-alcohol motifs (C(OH)–C–C–N with tert-alkyl or cyclic N) is 1. The number of nitrogens with zero attached hydrogens (tertiary/aromatic N) is 2. The lowest BCUT2D eigenvalue weighted by Gasteiger charge is -2.44. The maximum Gasteiger partial charge on any atom is 0.0798 e. The summed E-state index contributed by atoms with van der Waals surface area (Å²) in [6, 6.07) is 0. The van der Waals surface area contributed by atoms with Gasteiger partial charge in [-0.1, -0.05) is 6.92 Å². The molecule has 0 saturated carbocycles. The van der Waals surface area contributed by atoms with Gasteiger partial charge in [0.05, 0.1) is 5.60 Å². The van der Waals surface area contributed by atoms with Crippen molar-refractivity contribution in [1.82, 2.24) is 9.80 Å². The van der Waals surface area contributed by atoms with Crippen molar-refractivity contribution < 1.29 is 9.84 Å². The van der Waals surface area contributed by atoms with Crippen molar-refractivity contribution in [3.05, 3.63) is 0 Å². The Morgan fingerprint density at radius 2 is 1.43 bits per heavy atom. The zero-order chi connectivity index (χ0) is 14.8. The maximum absolute atomic E-state index is 10.8. The van der Waals surface area contributed by atoms with E-state index in [9.17, 15) is 5.11 Å². The predicted octanol–water partition coefficient (Wildman–Crippen LogP) is 1.73. The molecular formula is C17H32N2O2. The van der Waals surface area contributed by atoms with Crippen molar-refractivity contribution in [3.63, 3.8) is 0 Å². The zero-order valence-corrected chi connectivity index (χ0v) is 13.6. The fraction of sp³-hybridized carbons (Fsp3) is 1.00. The normalized spacial score (nSPS) is 30.6. The van der Waals surface area contributed by atoms with Crippen molar-refractivity contribution in [2.75, 3.05) is 52.5 Å². The summed E-state index contributed by atoms with van der Waals surface area (Å²) < 4.78 is 5.50. The Morgan fingerprint density at radius 1 is 0.857 bits per heavy atom. The molecule has 0 atom stereocenters. The molecule has 3 aliphatic heterocycles. The summed E-state index contributed by atoms with van der Waals surface area (Å²) >= 11 is 0. The Morgan fingerprint density at radius 3 is 2.05 bits per heavy atom. The Bertz CT molecular complexity index is 328. The highest BCUT2D eigenvalue weighted by molar-refractivity contribution is 4.91. The van der Waals surface area contributed by atoms with E-state index in [1.165, 1.54) is 45.3 Å². The average molecular weight is 296 g/mol. The molecule has 0 amide bonds. The van der Waals surface area contributed by atoms with Crippen LogP contribution in [0.1, 0.15) is 45.4 Å². The molecule has 3 saturated heterocycles. The van der Waals surface area contributed by atoms with E-state index in [4.69, 9.17) is 4.74 Å². The molecule has 0 aromatic heterocycles. The van der Waals surface area contributed by atoms with E-state index in [1.807, 2.05) is 0 Å². The molecule has 0 aliphatic carbocycles. The number of piperidine rings is 1. The Hall–Kier alpha value is -0.160. The van der Waals surface area contributed by atoms with E-state index in [1.54, 1.807) is 0 Å². The van der Waals surface area contributed by atoms with Crippen molar-refractivity contribution in [3.8, 4) is 0 Å². The van der Waals surface area contributed by atoms with Gasteiger partial charge in [0.1, 0.15) is 0 Å². The first-order valence-corrected chi connectivity index (χ1v) is 8.82. The van der Waals surface area contributed by atoms with Gasteiger partial charge in [0.2, 0.25) is 0 Å². The SMILES string of the molecule is CC1(CN2CCC(O)(CN3CCCC3)CC2)CCOCC1. The molecule has 4 nitrogen and oxygen atoms in total. The Kier molecular flexibility index (Phi) is 4.89. The van der Waals surface area contributed by atoms with E-state index < -0.39 is 5.60 Å². The van der Waals surface area contributed by atoms with Gasteiger partial charge in [0.15, 0.2) is 0 Å². The molecule has 0 aromatic carbocycles. The zero-order valence-electron chi connectivity index (χ0n) is 13.6. The van der Waals surface area contributed by atoms with Gasteiger partial charge in [-0.2, -0.15) is 0 Å². The molecule has 0 unspecified atom stereocenters. The summed E-state index contributed by atoms with van der Waals surface area (Å²) in [5.41, 5.74) is -0.0138. The van der Waals surface area contributed by atoms with E-state index in [2.05, 4.69) is 16.7 Å². The van der Waals surface area contributed by atoms with Crippen molar-refractivity contribution in [1.29, 1.82) is 0 Å². The van der Waals surface area contributed by atoms with Gasteiger partial charge in [-0.25, -0.2) is 0 Å². The van der Waals surface area contributed by atoms with E-state index in [0.717, 1.165) is 45.7 Å². The van der Waals surface area contributed by atoms with Crippen LogP contribution in [0.25, 0.3) is 0 Å². The Balaban J connectivity index is 1.45. The fourth-order valence-corrected chi connectivity index (χ4v) is 4.20. The van der Waals surface area contributed by atoms with Crippen molar-refractivity contribution in [2.45, 2.75) is 51.0 Å². The van der Waals surface area contributed by atoms with Crippen molar-refractivity contribution in [2.24, 2.45) is 5.41 Å². The first-order valence-electron chi connectivity index (χ1n) is 8.82. The topological polar surface area (TPSA) is 35.9 Å². The third-order valence-corrected chi connectivity index (χ3v) is 5.81. The third kappa shape index (κ3) is 4.19. The van der Waals surface area contributed by atoms with Gasteiger partial charge in [-0.05, 0) is 57.0 Å². The van der Waals surface area contributed by atoms with Crippen LogP contribution in [0.4, 0.5) is 0 Å². The lowest BCUT2D eigenvalue weighted by Crippen LogP contribution is -2.52. The second-order valence-electron chi connectivity index (χ2n) is 7.91. The summed E-state index contributed by atoms with van der Waals surface area (Å²) in [5.74, 6) is 0. The predicted molar refractivity (Wildman–Crippen MR) is 84.5 cm³/mol. The minimum absolute atomic E-state index is 0.419. The summed E-state index contributed by atoms with van der Waals surface area (Å²) in [6.45, 7) is 10.8. The smallest absolute Gasteiger partial charge is 0.0798 e. The van der Waals surface area contributed by atoms with Crippen LogP contribution in [-0.4, -0.2) is 73.0 Å². The van der Waals surface area contributed by atoms with Crippen LogP contribution in [0, 0.1) is 5.41 Å². The van der Waals surface area contributed by atoms with E-state index >= 15 is 0 Å². The van der Waals surface area contributed by atoms with Gasteiger partial charge < -0.3 is 19.6 Å². The Labute approximate surface area is 129 Å². The van der Waals surface area contributed by atoms with Crippen LogP contribution >= 0.6 is 0 Å². The van der Waals surface area contributed by atoms with Crippen LogP contribution < -0.4 is 0 Å². The van der Waals surface area contributed by atoms with Crippen LogP contribution in [0.2, 0.25) is 0 Å². The monoisotopic (exact) mass is 296 g/mol. The minimum Gasteiger partial charge on any atom is -0.388 e. The summed E-state index contributed by atoms with van der Waals surface area (Å²) in [4.78, 5) is 5.03. The highest BCUT2D eigenvalue weighted by Crippen LogP contribution is 2.33. The first-order chi connectivity index (χ1) is 10.1. The third-order valence-electron chi connectivity index (χ3n) is 5.81. The number of rotatable bonds is 4. The lowest BCUT2D eigenvalue weighted by molar-refractivity contribution is -0.0567. The minimum atomic E-state index is -0.433. The van der Waals surface area contributed by atoms with Gasteiger partial charge in [-0.3, -0.25) is 0 Å². The number of hydrogen-bond donors (Lipinski definition) is 1. The second-order valence-corrected chi connectivity index (χ2v) is 7.91. The summed E-state index contributed by atoms with van der Waals surface area (Å²) in [5, 5.41) is 10.8. The van der Waals surface area contributed by atoms with E-state index in [0.29, 0.717) is 5.41 Å². The molecule has 4 heteroatoms. The number of hydrogen-bond acceptors (Lipinski definition) is 4. The molecule has 3 fully saturated rings. The molecule has 0 radical (unpaired) electrons. The summed E-state index contributed by atoms with van der Waals surface area (Å²) in [7, 11) is 0. The number of ether oxygens (including phenoxy) is 1.